The maximum absolute atomic E-state index is 13.1. The molecule has 2 aliphatic heterocycles. The number of carbonyl (C=O) groups excluding carboxylic acids is 1. The molecule has 0 saturated carbocycles. The fraction of sp³-hybridized carbons (Fsp3) is 0.619. The van der Waals surface area contributed by atoms with Crippen molar-refractivity contribution in [1.29, 1.82) is 0 Å². The number of amides is 1. The minimum absolute atomic E-state index is 0.146. The molecule has 1 atom stereocenters. The zero-order chi connectivity index (χ0) is 20.1. The van der Waals surface area contributed by atoms with E-state index in [-0.39, 0.29) is 18.1 Å². The highest BCUT2D eigenvalue weighted by Crippen LogP contribution is 2.21. The molecule has 2 saturated heterocycles. The molecule has 0 N–H and O–H groups in total. The predicted molar refractivity (Wildman–Crippen MR) is 107 cm³/mol. The van der Waals surface area contributed by atoms with E-state index in [0.29, 0.717) is 36.8 Å². The molecule has 1 amide bonds. The van der Waals surface area contributed by atoms with E-state index < -0.39 is 0 Å². The summed E-state index contributed by atoms with van der Waals surface area (Å²) in [5.74, 6) is 1.08. The van der Waals surface area contributed by atoms with Crippen LogP contribution in [0.15, 0.2) is 28.9 Å². The Hall–Kier alpha value is -2.32. The minimum Gasteiger partial charge on any atom is -0.376 e. The summed E-state index contributed by atoms with van der Waals surface area (Å²) in [4.78, 5) is 26.1. The van der Waals surface area contributed by atoms with Gasteiger partial charge in [-0.15, -0.1) is 0 Å². The van der Waals surface area contributed by atoms with Crippen LogP contribution in [0.25, 0.3) is 11.5 Å². The normalized spacial score (nSPS) is 20.8. The summed E-state index contributed by atoms with van der Waals surface area (Å²) in [6, 6.07) is 5.85. The second-order valence-electron chi connectivity index (χ2n) is 7.94. The number of carbonyl (C=O) groups is 1. The summed E-state index contributed by atoms with van der Waals surface area (Å²) in [5.41, 5.74) is 0.667. The van der Waals surface area contributed by atoms with Crippen molar-refractivity contribution in [2.24, 2.45) is 0 Å². The Bertz CT molecular complexity index is 783. The second-order valence-corrected chi connectivity index (χ2v) is 7.94. The fourth-order valence-electron chi connectivity index (χ4n) is 4.08. The van der Waals surface area contributed by atoms with Crippen LogP contribution in [0.5, 0.6) is 0 Å². The SMILES string of the molecule is CN1CCC(N(C[C@@H]2CCCO2)C(=O)CCc2nc(-c3ccccn3)no2)CC1. The number of aromatic nitrogens is 3. The number of piperidine rings is 1. The fourth-order valence-corrected chi connectivity index (χ4v) is 4.08. The Morgan fingerprint density at radius 2 is 2.14 bits per heavy atom. The first-order chi connectivity index (χ1) is 14.2. The van der Waals surface area contributed by atoms with Crippen LogP contribution < -0.4 is 0 Å². The minimum atomic E-state index is 0.146. The lowest BCUT2D eigenvalue weighted by Gasteiger charge is -2.38. The van der Waals surface area contributed by atoms with Crippen molar-refractivity contribution in [3.8, 4) is 11.5 Å². The van der Waals surface area contributed by atoms with Crippen molar-refractivity contribution in [2.45, 2.75) is 50.7 Å². The van der Waals surface area contributed by atoms with E-state index in [1.165, 1.54) is 0 Å². The number of nitrogens with zero attached hydrogens (tertiary/aromatic N) is 5. The van der Waals surface area contributed by atoms with Gasteiger partial charge in [0.15, 0.2) is 0 Å². The van der Waals surface area contributed by atoms with Crippen molar-refractivity contribution in [2.75, 3.05) is 33.3 Å². The van der Waals surface area contributed by atoms with E-state index in [2.05, 4.69) is 32.0 Å². The summed E-state index contributed by atoms with van der Waals surface area (Å²) in [6.45, 7) is 3.54. The van der Waals surface area contributed by atoms with Gasteiger partial charge in [-0.05, 0) is 58.0 Å². The number of aryl methyl sites for hydroxylation is 1. The smallest absolute Gasteiger partial charge is 0.227 e. The van der Waals surface area contributed by atoms with Crippen LogP contribution in [0.3, 0.4) is 0 Å². The number of hydrogen-bond acceptors (Lipinski definition) is 7. The predicted octanol–water partition coefficient (Wildman–Crippen LogP) is 2.17. The van der Waals surface area contributed by atoms with Crippen LogP contribution in [-0.4, -0.2) is 76.3 Å². The van der Waals surface area contributed by atoms with Gasteiger partial charge in [0.2, 0.25) is 17.6 Å². The zero-order valence-corrected chi connectivity index (χ0v) is 17.0. The molecule has 156 valence electrons. The molecule has 0 aliphatic carbocycles. The van der Waals surface area contributed by atoms with E-state index in [9.17, 15) is 4.79 Å². The van der Waals surface area contributed by atoms with E-state index in [1.807, 2.05) is 18.2 Å². The van der Waals surface area contributed by atoms with Gasteiger partial charge < -0.3 is 19.1 Å². The molecule has 2 aliphatic rings. The van der Waals surface area contributed by atoms with E-state index in [4.69, 9.17) is 9.26 Å². The number of rotatable bonds is 7. The average Bonchev–Trinajstić information content (AvgIpc) is 3.44. The molecular formula is C21H29N5O3. The Labute approximate surface area is 171 Å². The van der Waals surface area contributed by atoms with Crippen LogP contribution >= 0.6 is 0 Å². The quantitative estimate of drug-likeness (QED) is 0.705. The lowest BCUT2D eigenvalue weighted by atomic mass is 10.0. The lowest BCUT2D eigenvalue weighted by molar-refractivity contribution is -0.136. The molecule has 2 aromatic rings. The summed E-state index contributed by atoms with van der Waals surface area (Å²) in [5, 5.41) is 3.99. The monoisotopic (exact) mass is 399 g/mol. The Morgan fingerprint density at radius 3 is 2.86 bits per heavy atom. The Kier molecular flexibility index (Phi) is 6.51. The molecule has 4 heterocycles. The first-order valence-corrected chi connectivity index (χ1v) is 10.5. The summed E-state index contributed by atoms with van der Waals surface area (Å²) < 4.78 is 11.1. The third-order valence-corrected chi connectivity index (χ3v) is 5.79. The van der Waals surface area contributed by atoms with E-state index in [0.717, 1.165) is 45.4 Å². The highest BCUT2D eigenvalue weighted by Gasteiger charge is 2.30. The molecular weight excluding hydrogens is 370 g/mol. The van der Waals surface area contributed by atoms with E-state index in [1.54, 1.807) is 6.20 Å². The molecule has 0 radical (unpaired) electrons. The van der Waals surface area contributed by atoms with Crippen LogP contribution in [0.2, 0.25) is 0 Å². The van der Waals surface area contributed by atoms with Crippen LogP contribution in [-0.2, 0) is 16.0 Å². The van der Waals surface area contributed by atoms with Crippen molar-refractivity contribution in [1.82, 2.24) is 24.9 Å². The number of hydrogen-bond donors (Lipinski definition) is 0. The molecule has 0 spiro atoms. The third kappa shape index (κ3) is 5.19. The van der Waals surface area contributed by atoms with Crippen molar-refractivity contribution >= 4 is 5.91 Å². The number of ether oxygens (including phenoxy) is 1. The first-order valence-electron chi connectivity index (χ1n) is 10.5. The van der Waals surface area contributed by atoms with Crippen LogP contribution in [0.1, 0.15) is 38.0 Å². The van der Waals surface area contributed by atoms with Gasteiger partial charge in [-0.25, -0.2) is 0 Å². The molecule has 0 unspecified atom stereocenters. The van der Waals surface area contributed by atoms with Crippen molar-refractivity contribution < 1.29 is 14.1 Å². The maximum atomic E-state index is 13.1. The standard InChI is InChI=1S/C21H29N5O3/c1-25-12-9-16(10-13-25)26(15-17-5-4-14-28-17)20(27)8-7-19-23-21(24-29-19)18-6-2-3-11-22-18/h2-3,6,11,16-17H,4-5,7-10,12-15H2,1H3/t17-/m0/s1. The van der Waals surface area contributed by atoms with Gasteiger partial charge in [0, 0.05) is 38.2 Å². The molecule has 2 aromatic heterocycles. The van der Waals surface area contributed by atoms with Crippen molar-refractivity contribution in [3.05, 3.63) is 30.3 Å². The number of likely N-dealkylation sites (tertiary alicyclic amines) is 1. The van der Waals surface area contributed by atoms with Gasteiger partial charge >= 0.3 is 0 Å². The van der Waals surface area contributed by atoms with Crippen LogP contribution in [0, 0.1) is 0 Å². The van der Waals surface area contributed by atoms with Gasteiger partial charge in [0.1, 0.15) is 5.69 Å². The summed E-state index contributed by atoms with van der Waals surface area (Å²) in [6.07, 6.45) is 6.80. The lowest BCUT2D eigenvalue weighted by Crippen LogP contribution is -2.49. The summed E-state index contributed by atoms with van der Waals surface area (Å²) >= 11 is 0. The molecule has 8 nitrogen and oxygen atoms in total. The molecule has 0 aromatic carbocycles. The van der Waals surface area contributed by atoms with Gasteiger partial charge in [-0.1, -0.05) is 11.2 Å². The third-order valence-electron chi connectivity index (χ3n) is 5.79. The first kappa shape index (κ1) is 20.0. The van der Waals surface area contributed by atoms with Gasteiger partial charge in [0.25, 0.3) is 0 Å². The summed E-state index contributed by atoms with van der Waals surface area (Å²) in [7, 11) is 2.14. The highest BCUT2D eigenvalue weighted by molar-refractivity contribution is 5.76. The Balaban J connectivity index is 1.37. The van der Waals surface area contributed by atoms with Gasteiger partial charge in [0.05, 0.1) is 6.10 Å². The molecule has 8 heteroatoms. The molecule has 4 rings (SSSR count). The Morgan fingerprint density at radius 1 is 1.28 bits per heavy atom. The zero-order valence-electron chi connectivity index (χ0n) is 17.0. The second kappa shape index (κ2) is 9.45. The van der Waals surface area contributed by atoms with Gasteiger partial charge in [-0.2, -0.15) is 4.98 Å². The van der Waals surface area contributed by atoms with Gasteiger partial charge in [-0.3, -0.25) is 9.78 Å². The number of pyridine rings is 1. The topological polar surface area (TPSA) is 84.6 Å². The molecule has 0 bridgehead atoms. The van der Waals surface area contributed by atoms with Crippen molar-refractivity contribution in [3.63, 3.8) is 0 Å². The van der Waals surface area contributed by atoms with Crippen LogP contribution in [0.4, 0.5) is 0 Å². The largest absolute Gasteiger partial charge is 0.376 e. The average molecular weight is 399 g/mol. The molecule has 29 heavy (non-hydrogen) atoms. The maximum Gasteiger partial charge on any atom is 0.227 e. The van der Waals surface area contributed by atoms with E-state index >= 15 is 0 Å². The molecule has 2 fully saturated rings. The highest BCUT2D eigenvalue weighted by atomic mass is 16.5.